The predicted octanol–water partition coefficient (Wildman–Crippen LogP) is 7.28. The van der Waals surface area contributed by atoms with Crippen LogP contribution in [0.2, 0.25) is 10.0 Å². The lowest BCUT2D eigenvalue weighted by Crippen LogP contribution is -2.24. The van der Waals surface area contributed by atoms with Crippen LogP contribution in [0.5, 0.6) is 0 Å². The number of hydrogen-bond acceptors (Lipinski definition) is 6. The van der Waals surface area contributed by atoms with Gasteiger partial charge >= 0.3 is 0 Å². The third-order valence-corrected chi connectivity index (χ3v) is 8.61. The molecule has 1 fully saturated rings. The zero-order valence-electron chi connectivity index (χ0n) is 22.6. The largest absolute Gasteiger partial charge is 0.369 e. The van der Waals surface area contributed by atoms with Gasteiger partial charge in [0.05, 0.1) is 16.4 Å². The minimum absolute atomic E-state index is 0.287. The van der Waals surface area contributed by atoms with Gasteiger partial charge < -0.3 is 26.8 Å². The lowest BCUT2D eigenvalue weighted by molar-refractivity contribution is 0.471. The molecule has 0 spiro atoms. The van der Waals surface area contributed by atoms with Crippen molar-refractivity contribution in [2.45, 2.75) is 43.2 Å². The second kappa shape index (κ2) is 13.1. The van der Waals surface area contributed by atoms with Gasteiger partial charge in [0.2, 0.25) is 5.95 Å². The van der Waals surface area contributed by atoms with Crippen LogP contribution in [-0.4, -0.2) is 33.0 Å². The summed E-state index contributed by atoms with van der Waals surface area (Å²) in [4.78, 5) is 13.4. The third kappa shape index (κ3) is 6.97. The molecular weight excluding hydrogens is 573 g/mol. The smallest absolute Gasteiger partial charge is 0.200 e. The van der Waals surface area contributed by atoms with E-state index in [-0.39, 0.29) is 5.95 Å². The van der Waals surface area contributed by atoms with E-state index in [4.69, 9.17) is 46.9 Å². The van der Waals surface area contributed by atoms with Crippen LogP contribution in [0, 0.1) is 4.64 Å². The summed E-state index contributed by atoms with van der Waals surface area (Å²) in [6, 6.07) is 26.0. The lowest BCUT2D eigenvalue weighted by atomic mass is 9.77. The maximum absolute atomic E-state index is 6.17. The van der Waals surface area contributed by atoms with Gasteiger partial charge in [-0.25, -0.2) is 4.98 Å². The Morgan fingerprint density at radius 2 is 1.63 bits per heavy atom. The van der Waals surface area contributed by atoms with E-state index in [0.717, 1.165) is 12.8 Å². The number of fused-ring (bicyclic) bond motifs is 2. The van der Waals surface area contributed by atoms with Crippen LogP contribution in [0.4, 0.5) is 5.95 Å². The molecule has 7 rings (SSSR count). The van der Waals surface area contributed by atoms with Crippen LogP contribution >= 0.6 is 35.4 Å². The first kappa shape index (κ1) is 29.2. The Bertz CT molecular complexity index is 1670. The SMILES string of the molecule is CN[C@H]1CC[C@@H](c2ccc(Cl)c(Cl)c2)c2ccccc21.N[C@@H]1C[C@H]1c1ccccc1.Nc1nc2nc[nH]c2c(=S)[nH]1. The van der Waals surface area contributed by atoms with Gasteiger partial charge in [-0.15, -0.1) is 0 Å². The number of aromatic amines is 2. The molecule has 41 heavy (non-hydrogen) atoms. The highest BCUT2D eigenvalue weighted by atomic mass is 35.5. The Morgan fingerprint density at radius 3 is 2.32 bits per heavy atom. The van der Waals surface area contributed by atoms with E-state index in [9.17, 15) is 0 Å². The van der Waals surface area contributed by atoms with E-state index in [0.29, 0.717) is 49.8 Å². The molecule has 2 aliphatic rings. The van der Waals surface area contributed by atoms with Gasteiger partial charge in [0, 0.05) is 23.9 Å². The molecule has 0 bridgehead atoms. The second-order valence-electron chi connectivity index (χ2n) is 10.2. The van der Waals surface area contributed by atoms with Gasteiger partial charge in [-0.2, -0.15) is 4.98 Å². The highest BCUT2D eigenvalue weighted by molar-refractivity contribution is 7.71. The van der Waals surface area contributed by atoms with Crippen molar-refractivity contribution < 1.29 is 0 Å². The predicted molar refractivity (Wildman–Crippen MR) is 171 cm³/mol. The molecule has 7 N–H and O–H groups in total. The van der Waals surface area contributed by atoms with Gasteiger partial charge in [-0.1, -0.05) is 96.1 Å². The number of nitrogens with one attached hydrogen (secondary N) is 3. The molecule has 0 unspecified atom stereocenters. The first-order chi connectivity index (χ1) is 19.9. The number of nitrogens with zero attached hydrogens (tertiary/aromatic N) is 2. The summed E-state index contributed by atoms with van der Waals surface area (Å²) in [5.74, 6) is 1.35. The fourth-order valence-electron chi connectivity index (χ4n) is 5.32. The first-order valence-electron chi connectivity index (χ1n) is 13.6. The van der Waals surface area contributed by atoms with Crippen LogP contribution < -0.4 is 16.8 Å². The quantitative estimate of drug-likeness (QED) is 0.138. The van der Waals surface area contributed by atoms with Gasteiger partial charge in [0.15, 0.2) is 5.65 Å². The van der Waals surface area contributed by atoms with Crippen LogP contribution in [0.1, 0.15) is 59.4 Å². The Hall–Kier alpha value is -3.27. The average molecular weight is 607 g/mol. The summed E-state index contributed by atoms with van der Waals surface area (Å²) in [6.07, 6.45) is 4.96. The molecule has 7 nitrogen and oxygen atoms in total. The number of anilines is 1. The minimum Gasteiger partial charge on any atom is -0.369 e. The van der Waals surface area contributed by atoms with Crippen molar-refractivity contribution in [1.29, 1.82) is 0 Å². The molecule has 10 heteroatoms. The summed E-state index contributed by atoms with van der Waals surface area (Å²) in [7, 11) is 2.03. The van der Waals surface area contributed by atoms with Crippen LogP contribution in [-0.2, 0) is 0 Å². The van der Waals surface area contributed by atoms with Crippen molar-refractivity contribution in [3.05, 3.63) is 116 Å². The number of imidazole rings is 1. The number of nitrogen functional groups attached to an aromatic ring is 1. The van der Waals surface area contributed by atoms with Crippen LogP contribution in [0.15, 0.2) is 79.1 Å². The number of H-pyrrole nitrogens is 2. The van der Waals surface area contributed by atoms with Crippen molar-refractivity contribution in [2.75, 3.05) is 12.8 Å². The summed E-state index contributed by atoms with van der Waals surface area (Å²) in [6.45, 7) is 0. The molecular formula is C31H33Cl2N7S. The number of nitrogens with two attached hydrogens (primary N) is 2. The maximum atomic E-state index is 6.17. The Balaban J connectivity index is 0.000000135. The number of hydrogen-bond donors (Lipinski definition) is 5. The first-order valence-corrected chi connectivity index (χ1v) is 14.7. The molecule has 0 saturated heterocycles. The van der Waals surface area contributed by atoms with E-state index in [2.05, 4.69) is 79.9 Å². The second-order valence-corrected chi connectivity index (χ2v) is 11.5. The number of benzene rings is 3. The van der Waals surface area contributed by atoms with Gasteiger partial charge in [0.1, 0.15) is 10.2 Å². The molecule has 2 aromatic heterocycles. The lowest BCUT2D eigenvalue weighted by Gasteiger charge is -2.32. The zero-order valence-corrected chi connectivity index (χ0v) is 25.0. The van der Waals surface area contributed by atoms with Crippen molar-refractivity contribution in [3.8, 4) is 0 Å². The fourth-order valence-corrected chi connectivity index (χ4v) is 5.88. The molecule has 2 heterocycles. The number of aromatic nitrogens is 4. The Morgan fingerprint density at radius 1 is 0.927 bits per heavy atom. The third-order valence-electron chi connectivity index (χ3n) is 7.57. The molecule has 0 aliphatic heterocycles. The fraction of sp³-hybridized carbons (Fsp3) is 0.258. The van der Waals surface area contributed by atoms with E-state index >= 15 is 0 Å². The van der Waals surface area contributed by atoms with Crippen LogP contribution in [0.3, 0.4) is 0 Å². The molecule has 3 aromatic carbocycles. The monoisotopic (exact) mass is 605 g/mol. The molecule has 212 valence electrons. The van der Waals surface area contributed by atoms with Crippen LogP contribution in [0.25, 0.3) is 11.2 Å². The highest BCUT2D eigenvalue weighted by Crippen LogP contribution is 2.42. The van der Waals surface area contributed by atoms with Crippen molar-refractivity contribution in [1.82, 2.24) is 25.3 Å². The normalized spacial score (nSPS) is 20.7. The maximum Gasteiger partial charge on any atom is 0.200 e. The summed E-state index contributed by atoms with van der Waals surface area (Å²) in [5.41, 5.74) is 17.8. The molecule has 2 aliphatic carbocycles. The van der Waals surface area contributed by atoms with E-state index < -0.39 is 0 Å². The van der Waals surface area contributed by atoms with E-state index in [1.54, 1.807) is 0 Å². The summed E-state index contributed by atoms with van der Waals surface area (Å²) >= 11 is 17.1. The van der Waals surface area contributed by atoms with E-state index in [1.165, 1.54) is 35.0 Å². The summed E-state index contributed by atoms with van der Waals surface area (Å²) < 4.78 is 0.532. The summed E-state index contributed by atoms with van der Waals surface area (Å²) in [5, 5.41) is 4.66. The molecule has 5 aromatic rings. The molecule has 0 amide bonds. The molecule has 0 radical (unpaired) electrons. The Labute approximate surface area is 254 Å². The molecule has 4 atom stereocenters. The van der Waals surface area contributed by atoms with Crippen molar-refractivity contribution in [2.24, 2.45) is 5.73 Å². The van der Waals surface area contributed by atoms with Gasteiger partial charge in [0.25, 0.3) is 0 Å². The standard InChI is InChI=1S/C17H17Cl2N.C9H11N.C5H5N5S/c1-20-17-9-7-12(13-4-2-3-5-14(13)17)11-6-8-15(18)16(19)10-11;10-9-6-8(9)7-4-2-1-3-5-7;6-5-9-3-2(4(11)10-5)7-1-8-3/h2-6,8,10,12,17,20H,7,9H2,1H3;1-5,8-9H,6,10H2;1H,(H4,6,7,8,9,10,11)/t12-,17-;8-,9+;/m00./s1. The van der Waals surface area contributed by atoms with Crippen molar-refractivity contribution >= 4 is 52.5 Å². The van der Waals surface area contributed by atoms with Gasteiger partial charge in [-0.3, -0.25) is 0 Å². The number of halogens is 2. The van der Waals surface area contributed by atoms with Crippen molar-refractivity contribution in [3.63, 3.8) is 0 Å². The van der Waals surface area contributed by atoms with Gasteiger partial charge in [-0.05, 0) is 60.7 Å². The minimum atomic E-state index is 0.287. The number of rotatable bonds is 3. The molecule has 1 saturated carbocycles. The average Bonchev–Trinajstić information content (AvgIpc) is 3.53. The Kier molecular flexibility index (Phi) is 9.37. The zero-order chi connectivity index (χ0) is 28.9. The highest BCUT2D eigenvalue weighted by Gasteiger charge is 2.34. The topological polar surface area (TPSA) is 121 Å². The van der Waals surface area contributed by atoms with E-state index in [1.807, 2.05) is 25.2 Å².